The van der Waals surface area contributed by atoms with E-state index < -0.39 is 38.0 Å². The molecule has 16 heavy (non-hydrogen) atoms. The summed E-state index contributed by atoms with van der Waals surface area (Å²) in [5, 5.41) is 3.08. The topological polar surface area (TPSA) is 156 Å². The number of rotatable bonds is 4. The molecule has 2 amide bonds. The molecule has 9 nitrogen and oxygen atoms in total. The summed E-state index contributed by atoms with van der Waals surface area (Å²) in [4.78, 5) is 10.5. The van der Waals surface area contributed by atoms with Crippen LogP contribution in [0.25, 0.3) is 0 Å². The van der Waals surface area contributed by atoms with Crippen molar-refractivity contribution in [2.24, 2.45) is 0 Å². The zero-order valence-electron chi connectivity index (χ0n) is 8.59. The van der Waals surface area contributed by atoms with E-state index in [0.29, 0.717) is 0 Å². The minimum atomic E-state index is -4.62. The number of carbonyl (C=O) groups excluding carboxylic acids is 1. The van der Waals surface area contributed by atoms with Crippen LogP contribution >= 0.6 is 0 Å². The summed E-state index contributed by atoms with van der Waals surface area (Å²) in [7, 11) is -9.24. The molecule has 0 aliphatic rings. The summed E-state index contributed by atoms with van der Waals surface area (Å²) in [5.74, 6) is -2.37. The smallest absolute Gasteiger partial charge is 0.747 e. The maximum atomic E-state index is 10.5. The molecule has 0 fully saturated rings. The van der Waals surface area contributed by atoms with Crippen molar-refractivity contribution in [2.45, 2.75) is 0 Å². The normalized spacial score (nSPS) is 10.6. The van der Waals surface area contributed by atoms with Gasteiger partial charge in [-0.15, -0.1) is 0 Å². The van der Waals surface area contributed by atoms with Crippen LogP contribution < -0.4 is 113 Å². The van der Waals surface area contributed by atoms with Crippen molar-refractivity contribution in [3.8, 4) is 0 Å². The number of amides is 2. The van der Waals surface area contributed by atoms with E-state index in [4.69, 9.17) is 0 Å². The number of hydrogen-bond donors (Lipinski definition) is 2. The molecular weight excluding hydrogens is 318 g/mol. The van der Waals surface area contributed by atoms with Gasteiger partial charge in [0.25, 0.3) is 0 Å². The first-order valence-corrected chi connectivity index (χ1v) is 6.14. The number of nitrogens with one attached hydrogen (secondary N) is 2. The van der Waals surface area contributed by atoms with Crippen molar-refractivity contribution in [3.63, 3.8) is 0 Å². The third-order valence-corrected chi connectivity index (χ3v) is 1.81. The number of hydrogen-bond acceptors (Lipinski definition) is 7. The van der Waals surface area contributed by atoms with Gasteiger partial charge in [0, 0.05) is 0 Å². The zero-order valence-corrected chi connectivity index (χ0v) is 16.5. The minimum absolute atomic E-state index is 0. The average Bonchev–Trinajstić information content (AvgIpc) is 1.94. The van der Waals surface area contributed by atoms with Crippen molar-refractivity contribution in [1.29, 1.82) is 0 Å². The summed E-state index contributed by atoms with van der Waals surface area (Å²) in [6.07, 6.45) is 0. The van der Waals surface area contributed by atoms with E-state index in [0.717, 1.165) is 0 Å². The SMILES string of the molecule is O=C(NCS(=O)(=O)[O-])NCS(=O)(=O)[O-].[K+].[K+]. The van der Waals surface area contributed by atoms with Gasteiger partial charge in [0.1, 0.15) is 32.0 Å². The maximum absolute atomic E-state index is 10.5. The molecule has 0 aliphatic heterocycles. The van der Waals surface area contributed by atoms with Crippen LogP contribution in [-0.4, -0.2) is 43.7 Å². The second-order valence-corrected chi connectivity index (χ2v) is 4.89. The fourth-order valence-corrected chi connectivity index (χ4v) is 0.986. The van der Waals surface area contributed by atoms with E-state index in [1.165, 1.54) is 0 Å². The molecule has 0 aliphatic carbocycles. The molecule has 0 saturated carbocycles. The van der Waals surface area contributed by atoms with Gasteiger partial charge >= 0.3 is 109 Å². The van der Waals surface area contributed by atoms with Crippen LogP contribution in [0.4, 0.5) is 4.79 Å². The monoisotopic (exact) mass is 324 g/mol. The predicted molar refractivity (Wildman–Crippen MR) is 40.8 cm³/mol. The van der Waals surface area contributed by atoms with Crippen LogP contribution in [0.2, 0.25) is 0 Å². The third-order valence-electron chi connectivity index (χ3n) is 0.819. The Balaban J connectivity index is -0.000000845. The molecule has 0 heterocycles. The quantitative estimate of drug-likeness (QED) is 0.384. The van der Waals surface area contributed by atoms with Crippen molar-refractivity contribution in [2.75, 3.05) is 11.8 Å². The van der Waals surface area contributed by atoms with Crippen molar-refractivity contribution < 1.29 is 134 Å². The van der Waals surface area contributed by atoms with E-state index in [1.54, 1.807) is 10.6 Å². The average molecular weight is 324 g/mol. The Morgan fingerprint density at radius 2 is 1.12 bits per heavy atom. The molecule has 0 spiro atoms. The molecule has 13 heteroatoms. The van der Waals surface area contributed by atoms with E-state index in [2.05, 4.69) is 0 Å². The molecule has 0 radical (unpaired) electrons. The summed E-state index contributed by atoms with van der Waals surface area (Å²) in [5.41, 5.74) is 0. The van der Waals surface area contributed by atoms with Crippen LogP contribution in [0.5, 0.6) is 0 Å². The van der Waals surface area contributed by atoms with Crippen LogP contribution in [0.3, 0.4) is 0 Å². The van der Waals surface area contributed by atoms with Crippen molar-refractivity contribution in [3.05, 3.63) is 0 Å². The first-order valence-electron chi connectivity index (χ1n) is 2.99. The molecule has 0 bridgehead atoms. The summed E-state index contributed by atoms with van der Waals surface area (Å²) >= 11 is 0. The van der Waals surface area contributed by atoms with Gasteiger partial charge in [-0.2, -0.15) is 0 Å². The van der Waals surface area contributed by atoms with Crippen LogP contribution in [0, 0.1) is 0 Å². The molecule has 0 atom stereocenters. The van der Waals surface area contributed by atoms with Crippen LogP contribution in [-0.2, 0) is 20.2 Å². The molecular formula is C3H6K2N2O7S2. The van der Waals surface area contributed by atoms with Gasteiger partial charge in [-0.3, -0.25) is 0 Å². The van der Waals surface area contributed by atoms with Gasteiger partial charge in [-0.1, -0.05) is 0 Å². The van der Waals surface area contributed by atoms with Gasteiger partial charge in [-0.25, -0.2) is 21.6 Å². The molecule has 84 valence electrons. The Labute approximate surface area is 178 Å². The molecule has 0 rings (SSSR count). The van der Waals surface area contributed by atoms with E-state index in [9.17, 15) is 30.7 Å². The Bertz CT molecular complexity index is 365. The summed E-state index contributed by atoms with van der Waals surface area (Å²) in [6, 6.07) is -1.23. The third kappa shape index (κ3) is 18.7. The molecule has 0 aromatic heterocycles. The standard InChI is InChI=1S/C3H8N2O7S2.2K/c6-3(4-1-13(7,8)9)5-2-14(10,11)12;;/h1-2H2,(H2,4,5,6)(H,7,8,9)(H,10,11,12);;/q;2*+1/p-2. The summed E-state index contributed by atoms with van der Waals surface area (Å²) in [6.45, 7) is 0. The Hall–Kier alpha value is 2.36. The number of urea groups is 1. The Morgan fingerprint density at radius 1 is 0.875 bits per heavy atom. The van der Waals surface area contributed by atoms with Gasteiger partial charge < -0.3 is 19.7 Å². The fraction of sp³-hybridized carbons (Fsp3) is 0.667. The van der Waals surface area contributed by atoms with E-state index in [1.807, 2.05) is 0 Å². The second-order valence-electron chi connectivity index (χ2n) is 2.09. The molecule has 0 aromatic rings. The zero-order chi connectivity index (χ0) is 11.4. The Kier molecular flexibility index (Phi) is 14.9. The molecule has 0 saturated heterocycles. The fourth-order valence-electron chi connectivity index (χ4n) is 0.370. The van der Waals surface area contributed by atoms with E-state index >= 15 is 0 Å². The minimum Gasteiger partial charge on any atom is -0.747 e. The van der Waals surface area contributed by atoms with Gasteiger partial charge in [0.2, 0.25) is 0 Å². The first-order chi connectivity index (χ1) is 6.10. The summed E-state index contributed by atoms with van der Waals surface area (Å²) < 4.78 is 59.8. The van der Waals surface area contributed by atoms with Crippen LogP contribution in [0.1, 0.15) is 0 Å². The number of carbonyl (C=O) groups is 1. The van der Waals surface area contributed by atoms with E-state index in [-0.39, 0.29) is 103 Å². The molecule has 0 aromatic carbocycles. The molecule has 2 N–H and O–H groups in total. The second kappa shape index (κ2) is 10.2. The largest absolute Gasteiger partial charge is 1.00 e. The van der Waals surface area contributed by atoms with Crippen molar-refractivity contribution >= 4 is 26.3 Å². The molecule has 0 unspecified atom stereocenters. The van der Waals surface area contributed by atoms with Gasteiger partial charge in [0.15, 0.2) is 0 Å². The van der Waals surface area contributed by atoms with Crippen molar-refractivity contribution in [1.82, 2.24) is 10.6 Å². The van der Waals surface area contributed by atoms with Gasteiger partial charge in [-0.05, 0) is 0 Å². The predicted octanol–water partition coefficient (Wildman–Crippen LogP) is -8.70. The van der Waals surface area contributed by atoms with Gasteiger partial charge in [0.05, 0.1) is 0 Å². The van der Waals surface area contributed by atoms with Crippen LogP contribution in [0.15, 0.2) is 0 Å². The first kappa shape index (κ1) is 23.5. The maximum Gasteiger partial charge on any atom is 1.00 e. The Morgan fingerprint density at radius 3 is 1.31 bits per heavy atom.